The van der Waals surface area contributed by atoms with Crippen LogP contribution in [0, 0.1) is 0 Å². The zero-order chi connectivity index (χ0) is 11.6. The molecule has 0 bridgehead atoms. The van der Waals surface area contributed by atoms with Crippen molar-refractivity contribution in [2.24, 2.45) is 5.14 Å². The molecule has 0 aromatic carbocycles. The highest BCUT2D eigenvalue weighted by atomic mass is 35.5. The van der Waals surface area contributed by atoms with Crippen molar-refractivity contribution in [3.63, 3.8) is 0 Å². The first kappa shape index (κ1) is 12.4. The summed E-state index contributed by atoms with van der Waals surface area (Å²) in [5, 5.41) is 13.6. The molecular formula is C8H11ClN2O3S. The Balaban J connectivity index is 3.00. The second kappa shape index (κ2) is 4.44. The van der Waals surface area contributed by atoms with E-state index < -0.39 is 21.4 Å². The lowest BCUT2D eigenvalue weighted by atomic mass is 10.2. The van der Waals surface area contributed by atoms with Crippen molar-refractivity contribution < 1.29 is 13.5 Å². The molecule has 5 nitrogen and oxygen atoms in total. The highest BCUT2D eigenvalue weighted by Crippen LogP contribution is 2.19. The number of primary sulfonamides is 1. The topological polar surface area (TPSA) is 93.3 Å². The lowest BCUT2D eigenvalue weighted by Crippen LogP contribution is -2.31. The molecule has 1 heterocycles. The molecule has 0 fully saturated rings. The van der Waals surface area contributed by atoms with Crippen LogP contribution < -0.4 is 5.14 Å². The van der Waals surface area contributed by atoms with Crippen LogP contribution in [0.5, 0.6) is 0 Å². The smallest absolute Gasteiger partial charge is 0.214 e. The quantitative estimate of drug-likeness (QED) is 0.762. The summed E-state index contributed by atoms with van der Waals surface area (Å²) >= 11 is 5.60. The lowest BCUT2D eigenvalue weighted by molar-refractivity contribution is 0.171. The Morgan fingerprint density at radius 2 is 2.13 bits per heavy atom. The lowest BCUT2D eigenvalue weighted by Gasteiger charge is -2.16. The van der Waals surface area contributed by atoms with E-state index in [1.807, 2.05) is 0 Å². The predicted molar refractivity (Wildman–Crippen MR) is 56.8 cm³/mol. The first-order chi connectivity index (χ1) is 6.82. The molecule has 15 heavy (non-hydrogen) atoms. The fraction of sp³-hybridized carbons (Fsp3) is 0.375. The SMILES string of the molecule is C[C@@H]([C@H](O)c1cccc(Cl)n1)S(N)(=O)=O. The normalized spacial score (nSPS) is 16.0. The van der Waals surface area contributed by atoms with Gasteiger partial charge in [0.15, 0.2) is 0 Å². The number of aromatic nitrogens is 1. The van der Waals surface area contributed by atoms with Crippen molar-refractivity contribution in [2.45, 2.75) is 18.3 Å². The number of nitrogens with zero attached hydrogens (tertiary/aromatic N) is 1. The maximum atomic E-state index is 11.0. The van der Waals surface area contributed by atoms with Crippen molar-refractivity contribution in [1.82, 2.24) is 4.98 Å². The summed E-state index contributed by atoms with van der Waals surface area (Å²) in [5.74, 6) is 0. The number of hydrogen-bond donors (Lipinski definition) is 2. The van der Waals surface area contributed by atoms with E-state index in [0.29, 0.717) is 0 Å². The third-order valence-electron chi connectivity index (χ3n) is 2.00. The van der Waals surface area contributed by atoms with Gasteiger partial charge in [-0.2, -0.15) is 0 Å². The minimum absolute atomic E-state index is 0.184. The first-order valence-electron chi connectivity index (χ1n) is 4.14. The zero-order valence-electron chi connectivity index (χ0n) is 7.96. The van der Waals surface area contributed by atoms with Crippen LogP contribution in [0.3, 0.4) is 0 Å². The number of pyridine rings is 1. The Morgan fingerprint density at radius 3 is 2.60 bits per heavy atom. The number of halogens is 1. The van der Waals surface area contributed by atoms with Gasteiger partial charge < -0.3 is 5.11 Å². The number of rotatable bonds is 3. The molecule has 0 saturated carbocycles. The van der Waals surface area contributed by atoms with Gasteiger partial charge in [0, 0.05) is 0 Å². The summed E-state index contributed by atoms with van der Waals surface area (Å²) < 4.78 is 22.0. The third-order valence-corrected chi connectivity index (χ3v) is 3.51. The summed E-state index contributed by atoms with van der Waals surface area (Å²) in [6.45, 7) is 1.31. The average Bonchev–Trinajstić information content (AvgIpc) is 2.14. The van der Waals surface area contributed by atoms with Crippen LogP contribution in [0.2, 0.25) is 5.15 Å². The Bertz CT molecular complexity index is 449. The van der Waals surface area contributed by atoms with E-state index in [4.69, 9.17) is 16.7 Å². The summed E-state index contributed by atoms with van der Waals surface area (Å²) in [7, 11) is -3.80. The van der Waals surface area contributed by atoms with Crippen molar-refractivity contribution in [3.8, 4) is 0 Å². The Hall–Kier alpha value is -0.690. The summed E-state index contributed by atoms with van der Waals surface area (Å²) in [5.41, 5.74) is 0.184. The van der Waals surface area contributed by atoms with E-state index in [2.05, 4.69) is 4.98 Å². The van der Waals surface area contributed by atoms with Gasteiger partial charge in [-0.05, 0) is 19.1 Å². The van der Waals surface area contributed by atoms with E-state index in [1.54, 1.807) is 6.07 Å². The van der Waals surface area contributed by atoms with Crippen LogP contribution in [0.25, 0.3) is 0 Å². The van der Waals surface area contributed by atoms with Crippen LogP contribution in [0.1, 0.15) is 18.7 Å². The standard InChI is InChI=1S/C8H11ClN2O3S/c1-5(15(10,13)14)8(12)6-3-2-4-7(9)11-6/h2-5,8,12H,1H3,(H2,10,13,14)/t5-,8-/m0/s1. The molecular weight excluding hydrogens is 240 g/mol. The molecule has 0 aliphatic carbocycles. The molecule has 0 unspecified atom stereocenters. The Morgan fingerprint density at radius 1 is 1.53 bits per heavy atom. The van der Waals surface area contributed by atoms with Crippen LogP contribution >= 0.6 is 11.6 Å². The van der Waals surface area contributed by atoms with E-state index >= 15 is 0 Å². The van der Waals surface area contributed by atoms with Crippen LogP contribution in [-0.4, -0.2) is 23.8 Å². The summed E-state index contributed by atoms with van der Waals surface area (Å²) in [6, 6.07) is 4.58. The maximum Gasteiger partial charge on any atom is 0.214 e. The number of aliphatic hydroxyl groups excluding tert-OH is 1. The zero-order valence-corrected chi connectivity index (χ0v) is 9.53. The van der Waals surface area contributed by atoms with Gasteiger partial charge in [0.05, 0.1) is 5.69 Å². The fourth-order valence-corrected chi connectivity index (χ4v) is 1.68. The van der Waals surface area contributed by atoms with E-state index in [1.165, 1.54) is 19.1 Å². The fourth-order valence-electron chi connectivity index (χ4n) is 1.01. The predicted octanol–water partition coefficient (Wildman–Crippen LogP) is 0.445. The largest absolute Gasteiger partial charge is 0.385 e. The highest BCUT2D eigenvalue weighted by Gasteiger charge is 2.27. The molecule has 0 radical (unpaired) electrons. The van der Waals surface area contributed by atoms with Crippen LogP contribution in [0.15, 0.2) is 18.2 Å². The second-order valence-corrected chi connectivity index (χ2v) is 5.43. The Labute approximate surface area is 92.9 Å². The number of aliphatic hydroxyl groups is 1. The van der Waals surface area contributed by atoms with Crippen LogP contribution in [-0.2, 0) is 10.0 Å². The van der Waals surface area contributed by atoms with Crippen molar-refractivity contribution in [2.75, 3.05) is 0 Å². The van der Waals surface area contributed by atoms with Gasteiger partial charge in [-0.15, -0.1) is 0 Å². The highest BCUT2D eigenvalue weighted by molar-refractivity contribution is 7.89. The van der Waals surface area contributed by atoms with Crippen molar-refractivity contribution >= 4 is 21.6 Å². The third kappa shape index (κ3) is 3.13. The van der Waals surface area contributed by atoms with Gasteiger partial charge in [-0.1, -0.05) is 17.7 Å². The van der Waals surface area contributed by atoms with Crippen LogP contribution in [0.4, 0.5) is 0 Å². The number of sulfonamides is 1. The molecule has 84 valence electrons. The van der Waals surface area contributed by atoms with E-state index in [9.17, 15) is 13.5 Å². The number of hydrogen-bond acceptors (Lipinski definition) is 4. The van der Waals surface area contributed by atoms with Gasteiger partial charge in [0.25, 0.3) is 0 Å². The number of nitrogens with two attached hydrogens (primary N) is 1. The minimum Gasteiger partial charge on any atom is -0.385 e. The molecule has 0 amide bonds. The molecule has 1 rings (SSSR count). The molecule has 1 aromatic rings. The van der Waals surface area contributed by atoms with Gasteiger partial charge in [-0.3, -0.25) is 0 Å². The molecule has 7 heteroatoms. The maximum absolute atomic E-state index is 11.0. The van der Waals surface area contributed by atoms with E-state index in [0.717, 1.165) is 0 Å². The summed E-state index contributed by atoms with van der Waals surface area (Å²) in [6.07, 6.45) is -1.28. The van der Waals surface area contributed by atoms with Gasteiger partial charge in [0.2, 0.25) is 10.0 Å². The van der Waals surface area contributed by atoms with Crippen molar-refractivity contribution in [1.29, 1.82) is 0 Å². The molecule has 3 N–H and O–H groups in total. The second-order valence-electron chi connectivity index (χ2n) is 3.12. The Kier molecular flexibility index (Phi) is 3.67. The van der Waals surface area contributed by atoms with E-state index in [-0.39, 0.29) is 10.8 Å². The molecule has 0 aliphatic heterocycles. The first-order valence-corrected chi connectivity index (χ1v) is 6.13. The average molecular weight is 251 g/mol. The molecule has 2 atom stereocenters. The molecule has 0 spiro atoms. The van der Waals surface area contributed by atoms with Gasteiger partial charge >= 0.3 is 0 Å². The molecule has 1 aromatic heterocycles. The van der Waals surface area contributed by atoms with Crippen molar-refractivity contribution in [3.05, 3.63) is 29.0 Å². The molecule has 0 aliphatic rings. The molecule has 0 saturated heterocycles. The van der Waals surface area contributed by atoms with Gasteiger partial charge in [-0.25, -0.2) is 18.5 Å². The summed E-state index contributed by atoms with van der Waals surface area (Å²) in [4.78, 5) is 3.80. The minimum atomic E-state index is -3.80. The monoisotopic (exact) mass is 250 g/mol. The van der Waals surface area contributed by atoms with Gasteiger partial charge in [0.1, 0.15) is 16.5 Å².